The molecule has 27 heavy (non-hydrogen) atoms. The maximum absolute atomic E-state index is 5.41. The van der Waals surface area contributed by atoms with Crippen molar-refractivity contribution in [3.63, 3.8) is 0 Å². The second-order valence-electron chi connectivity index (χ2n) is 6.73. The molecule has 0 unspecified atom stereocenters. The summed E-state index contributed by atoms with van der Waals surface area (Å²) in [5, 5.41) is 3.29. The highest BCUT2D eigenvalue weighted by Crippen LogP contribution is 2.19. The minimum atomic E-state index is 0.538. The largest absolute Gasteiger partial charge is 0.497 e. The lowest BCUT2D eigenvalue weighted by molar-refractivity contribution is 0.244. The molecular weight excluding hydrogens is 358 g/mol. The van der Waals surface area contributed by atoms with Crippen molar-refractivity contribution in [2.75, 3.05) is 33.2 Å². The quantitative estimate of drug-likeness (QED) is 0.630. The van der Waals surface area contributed by atoms with Crippen molar-refractivity contribution in [2.24, 2.45) is 0 Å². The Bertz CT molecular complexity index is 928. The molecule has 0 fully saturated rings. The third-order valence-corrected chi connectivity index (χ3v) is 4.64. The summed E-state index contributed by atoms with van der Waals surface area (Å²) in [4.78, 5) is 8.76. The Morgan fingerprint density at radius 1 is 1.04 bits per heavy atom. The first kappa shape index (κ1) is 19.1. The number of nitrogens with zero attached hydrogens (tertiary/aromatic N) is 4. The second-order valence-corrected chi connectivity index (χ2v) is 7.09. The number of nitrogens with one attached hydrogen (secondary N) is 1. The molecule has 0 radical (unpaired) electrons. The molecule has 0 bridgehead atoms. The molecule has 0 saturated carbocycles. The van der Waals surface area contributed by atoms with Crippen molar-refractivity contribution in [3.05, 3.63) is 58.9 Å². The summed E-state index contributed by atoms with van der Waals surface area (Å²) in [7, 11) is 7.81. The Balaban J connectivity index is 1.68. The number of hydrogen-bond donors (Lipinski definition) is 1. The average Bonchev–Trinajstić information content (AvgIpc) is 3.02. The van der Waals surface area contributed by atoms with E-state index in [4.69, 9.17) is 17.0 Å². The summed E-state index contributed by atoms with van der Waals surface area (Å²) in [5.41, 5.74) is 3.42. The molecule has 0 saturated heterocycles. The fraction of sp³-hybridized carbons (Fsp3) is 0.300. The summed E-state index contributed by atoms with van der Waals surface area (Å²) in [5.74, 6) is 1.57. The van der Waals surface area contributed by atoms with Gasteiger partial charge in [0.25, 0.3) is 0 Å². The highest BCUT2D eigenvalue weighted by atomic mass is 32.1. The first-order valence-electron chi connectivity index (χ1n) is 8.72. The summed E-state index contributed by atoms with van der Waals surface area (Å²) in [6.07, 6.45) is 0. The van der Waals surface area contributed by atoms with Crippen LogP contribution in [0, 0.1) is 4.77 Å². The van der Waals surface area contributed by atoms with Gasteiger partial charge in [0.05, 0.1) is 13.8 Å². The first-order valence-corrected chi connectivity index (χ1v) is 9.13. The molecule has 0 amide bonds. The van der Waals surface area contributed by atoms with Gasteiger partial charge in [-0.3, -0.25) is 10.00 Å². The topological polar surface area (TPSA) is 49.3 Å². The number of aromatic amines is 1. The van der Waals surface area contributed by atoms with Crippen LogP contribution in [0.15, 0.2) is 48.5 Å². The Kier molecular flexibility index (Phi) is 5.93. The van der Waals surface area contributed by atoms with E-state index in [1.165, 1.54) is 11.3 Å². The van der Waals surface area contributed by atoms with Crippen LogP contribution in [0.2, 0.25) is 0 Å². The minimum Gasteiger partial charge on any atom is -0.497 e. The predicted molar refractivity (Wildman–Crippen MR) is 112 cm³/mol. The van der Waals surface area contributed by atoms with Crippen molar-refractivity contribution in [1.82, 2.24) is 19.7 Å². The molecule has 0 aliphatic carbocycles. The second kappa shape index (κ2) is 8.37. The van der Waals surface area contributed by atoms with E-state index in [1.807, 2.05) is 43.0 Å². The van der Waals surface area contributed by atoms with Gasteiger partial charge in [0.15, 0.2) is 5.82 Å². The molecule has 0 aliphatic heterocycles. The number of ether oxygens (including phenoxy) is 1. The lowest BCUT2D eigenvalue weighted by atomic mass is 10.2. The summed E-state index contributed by atoms with van der Waals surface area (Å²) >= 11 is 5.41. The smallest absolute Gasteiger partial charge is 0.217 e. The summed E-state index contributed by atoms with van der Waals surface area (Å²) in [6.45, 7) is 1.46. The van der Waals surface area contributed by atoms with Gasteiger partial charge in [-0.15, -0.1) is 0 Å². The molecule has 0 aliphatic rings. The number of methoxy groups -OCH3 is 1. The van der Waals surface area contributed by atoms with Crippen LogP contribution in [0.5, 0.6) is 5.75 Å². The first-order chi connectivity index (χ1) is 13.0. The van der Waals surface area contributed by atoms with E-state index in [9.17, 15) is 0 Å². The zero-order chi connectivity index (χ0) is 19.4. The lowest BCUT2D eigenvalue weighted by Crippen LogP contribution is -2.22. The summed E-state index contributed by atoms with van der Waals surface area (Å²) < 4.78 is 7.61. The van der Waals surface area contributed by atoms with Gasteiger partial charge >= 0.3 is 0 Å². The SMILES string of the molecule is COc1ccc(-c2nc(=S)n(CN(C)Cc3ccc(N(C)C)cc3)[nH]2)cc1. The lowest BCUT2D eigenvalue weighted by Gasteiger charge is -2.18. The van der Waals surface area contributed by atoms with Gasteiger partial charge in [0.1, 0.15) is 5.75 Å². The molecule has 1 N–H and O–H groups in total. The molecule has 0 spiro atoms. The van der Waals surface area contributed by atoms with Gasteiger partial charge in [-0.25, -0.2) is 4.68 Å². The van der Waals surface area contributed by atoms with Crippen LogP contribution in [0.4, 0.5) is 5.69 Å². The van der Waals surface area contributed by atoms with Crippen LogP contribution in [0.1, 0.15) is 5.56 Å². The minimum absolute atomic E-state index is 0.538. The Morgan fingerprint density at radius 3 is 2.30 bits per heavy atom. The molecule has 3 aromatic rings. The van der Waals surface area contributed by atoms with Gasteiger partial charge in [-0.1, -0.05) is 12.1 Å². The van der Waals surface area contributed by atoms with Gasteiger partial charge in [0.2, 0.25) is 4.77 Å². The van der Waals surface area contributed by atoms with Crippen molar-refractivity contribution in [3.8, 4) is 17.1 Å². The molecule has 1 aromatic heterocycles. The molecular formula is C20H25N5OS. The third-order valence-electron chi connectivity index (χ3n) is 4.33. The Morgan fingerprint density at radius 2 is 1.70 bits per heavy atom. The molecule has 7 heteroatoms. The normalized spacial score (nSPS) is 11.0. The highest BCUT2D eigenvalue weighted by Gasteiger charge is 2.08. The van der Waals surface area contributed by atoms with Crippen molar-refractivity contribution in [1.29, 1.82) is 0 Å². The molecule has 3 rings (SSSR count). The van der Waals surface area contributed by atoms with Gasteiger partial charge < -0.3 is 9.64 Å². The van der Waals surface area contributed by atoms with Gasteiger partial charge in [-0.05, 0) is 61.2 Å². The van der Waals surface area contributed by atoms with Crippen LogP contribution in [0.25, 0.3) is 11.4 Å². The standard InChI is InChI=1S/C20H25N5OS/c1-23(2)17-9-5-15(6-10-17)13-24(3)14-25-20(27)21-19(22-25)16-7-11-18(26-4)12-8-16/h5-12H,13-14H2,1-4H3,(H,21,22,27). The Labute approximate surface area is 165 Å². The van der Waals surface area contributed by atoms with E-state index in [-0.39, 0.29) is 0 Å². The van der Waals surface area contributed by atoms with E-state index in [0.717, 1.165) is 23.7 Å². The molecule has 142 valence electrons. The molecule has 1 heterocycles. The van der Waals surface area contributed by atoms with Gasteiger partial charge in [-0.2, -0.15) is 4.98 Å². The van der Waals surface area contributed by atoms with Crippen molar-refractivity contribution >= 4 is 17.9 Å². The number of benzene rings is 2. The Hall–Kier alpha value is -2.64. The van der Waals surface area contributed by atoms with Crippen LogP contribution in [0.3, 0.4) is 0 Å². The number of hydrogen-bond acceptors (Lipinski definition) is 5. The molecule has 0 atom stereocenters. The monoisotopic (exact) mass is 383 g/mol. The highest BCUT2D eigenvalue weighted by molar-refractivity contribution is 7.71. The van der Waals surface area contributed by atoms with E-state index >= 15 is 0 Å². The van der Waals surface area contributed by atoms with Crippen molar-refractivity contribution in [2.45, 2.75) is 13.2 Å². The van der Waals surface area contributed by atoms with E-state index in [1.54, 1.807) is 7.11 Å². The molecule has 6 nitrogen and oxygen atoms in total. The summed E-state index contributed by atoms with van der Waals surface area (Å²) in [6, 6.07) is 16.3. The zero-order valence-corrected chi connectivity index (χ0v) is 17.0. The maximum atomic E-state index is 5.41. The zero-order valence-electron chi connectivity index (χ0n) is 16.1. The number of rotatable bonds is 7. The van der Waals surface area contributed by atoms with E-state index < -0.39 is 0 Å². The van der Waals surface area contributed by atoms with Gasteiger partial charge in [0, 0.05) is 31.9 Å². The van der Waals surface area contributed by atoms with Crippen LogP contribution in [-0.4, -0.2) is 47.9 Å². The van der Waals surface area contributed by atoms with Crippen LogP contribution >= 0.6 is 12.2 Å². The van der Waals surface area contributed by atoms with E-state index in [0.29, 0.717) is 11.4 Å². The van der Waals surface area contributed by atoms with E-state index in [2.05, 4.69) is 51.2 Å². The fourth-order valence-corrected chi connectivity index (χ4v) is 3.03. The average molecular weight is 384 g/mol. The molecule has 2 aromatic carbocycles. The number of anilines is 1. The number of H-pyrrole nitrogens is 1. The van der Waals surface area contributed by atoms with Crippen LogP contribution < -0.4 is 9.64 Å². The maximum Gasteiger partial charge on any atom is 0.217 e. The number of aromatic nitrogens is 3. The fourth-order valence-electron chi connectivity index (χ4n) is 2.83. The third kappa shape index (κ3) is 4.75. The van der Waals surface area contributed by atoms with Crippen molar-refractivity contribution < 1.29 is 4.74 Å². The predicted octanol–water partition coefficient (Wildman–Crippen LogP) is 3.77. The van der Waals surface area contributed by atoms with Crippen LogP contribution in [-0.2, 0) is 13.2 Å².